The van der Waals surface area contributed by atoms with Gasteiger partial charge < -0.3 is 14.4 Å². The van der Waals surface area contributed by atoms with Crippen LogP contribution in [0.2, 0.25) is 0 Å². The van der Waals surface area contributed by atoms with Crippen molar-refractivity contribution in [3.8, 4) is 5.75 Å². The second-order valence-electron chi connectivity index (χ2n) is 4.99. The molecule has 96 valence electrons. The van der Waals surface area contributed by atoms with Crippen molar-refractivity contribution in [1.29, 1.82) is 0 Å². The standard InChI is InChI=1S/C14H17NO3/c1-9-7-11-8-18-14(15(11)13(9)16)10-3-5-12(17-2)6-4-10/h3-6,9,11,14H,7-8H2,1-2H3/t9-,11+,14-/m1/s1. The molecule has 2 heterocycles. The molecule has 18 heavy (non-hydrogen) atoms. The third kappa shape index (κ3) is 1.68. The Morgan fingerprint density at radius 2 is 2.06 bits per heavy atom. The minimum absolute atomic E-state index is 0.125. The molecule has 0 bridgehead atoms. The minimum atomic E-state index is -0.224. The van der Waals surface area contributed by atoms with E-state index in [0.717, 1.165) is 17.7 Å². The largest absolute Gasteiger partial charge is 0.497 e. The van der Waals surface area contributed by atoms with Gasteiger partial charge >= 0.3 is 0 Å². The zero-order chi connectivity index (χ0) is 12.7. The van der Waals surface area contributed by atoms with Gasteiger partial charge in [-0.1, -0.05) is 19.1 Å². The molecule has 1 aromatic rings. The van der Waals surface area contributed by atoms with Crippen LogP contribution in [0.25, 0.3) is 0 Å². The number of methoxy groups -OCH3 is 1. The quantitative estimate of drug-likeness (QED) is 0.802. The van der Waals surface area contributed by atoms with Crippen molar-refractivity contribution in [2.24, 2.45) is 5.92 Å². The average Bonchev–Trinajstić information content (AvgIpc) is 2.92. The topological polar surface area (TPSA) is 38.8 Å². The van der Waals surface area contributed by atoms with Crippen LogP contribution in [0.1, 0.15) is 25.1 Å². The fourth-order valence-electron chi connectivity index (χ4n) is 2.82. The third-order valence-corrected chi connectivity index (χ3v) is 3.80. The first-order valence-corrected chi connectivity index (χ1v) is 6.28. The van der Waals surface area contributed by atoms with Crippen LogP contribution < -0.4 is 4.74 Å². The third-order valence-electron chi connectivity index (χ3n) is 3.80. The van der Waals surface area contributed by atoms with E-state index in [4.69, 9.17) is 9.47 Å². The summed E-state index contributed by atoms with van der Waals surface area (Å²) in [4.78, 5) is 14.0. The molecule has 4 nitrogen and oxygen atoms in total. The second kappa shape index (κ2) is 4.28. The van der Waals surface area contributed by atoms with Gasteiger partial charge in [0, 0.05) is 11.5 Å². The van der Waals surface area contributed by atoms with E-state index in [1.165, 1.54) is 0 Å². The first-order valence-electron chi connectivity index (χ1n) is 6.28. The summed E-state index contributed by atoms with van der Waals surface area (Å²) >= 11 is 0. The monoisotopic (exact) mass is 247 g/mol. The van der Waals surface area contributed by atoms with Gasteiger partial charge in [-0.15, -0.1) is 0 Å². The van der Waals surface area contributed by atoms with E-state index in [1.807, 2.05) is 36.1 Å². The predicted molar refractivity (Wildman–Crippen MR) is 66.1 cm³/mol. The lowest BCUT2D eigenvalue weighted by molar-refractivity contribution is -0.136. The number of fused-ring (bicyclic) bond motifs is 1. The molecule has 0 aliphatic carbocycles. The number of ether oxygens (including phenoxy) is 2. The zero-order valence-corrected chi connectivity index (χ0v) is 10.6. The molecule has 1 aromatic carbocycles. The molecule has 3 rings (SSSR count). The average molecular weight is 247 g/mol. The summed E-state index contributed by atoms with van der Waals surface area (Å²) in [5.41, 5.74) is 1.01. The molecule has 2 saturated heterocycles. The van der Waals surface area contributed by atoms with E-state index < -0.39 is 0 Å². The van der Waals surface area contributed by atoms with E-state index in [0.29, 0.717) is 6.61 Å². The number of amides is 1. The molecular formula is C14H17NO3. The lowest BCUT2D eigenvalue weighted by Crippen LogP contribution is -2.31. The highest BCUT2D eigenvalue weighted by Gasteiger charge is 2.46. The number of rotatable bonds is 2. The van der Waals surface area contributed by atoms with Gasteiger partial charge in [-0.25, -0.2) is 0 Å². The van der Waals surface area contributed by atoms with Crippen LogP contribution in [0, 0.1) is 5.92 Å². The SMILES string of the molecule is COc1ccc([C@H]2OC[C@@H]3C[C@@H](C)C(=O)N32)cc1. The summed E-state index contributed by atoms with van der Waals surface area (Å²) in [6.07, 6.45) is 0.684. The lowest BCUT2D eigenvalue weighted by atomic mass is 10.1. The number of nitrogens with zero attached hydrogens (tertiary/aromatic N) is 1. The van der Waals surface area contributed by atoms with E-state index in [9.17, 15) is 4.79 Å². The molecule has 0 spiro atoms. The molecule has 2 fully saturated rings. The normalized spacial score (nSPS) is 30.7. The van der Waals surface area contributed by atoms with E-state index >= 15 is 0 Å². The van der Waals surface area contributed by atoms with Crippen LogP contribution in [0.4, 0.5) is 0 Å². The molecule has 4 heteroatoms. The molecule has 2 aliphatic rings. The highest BCUT2D eigenvalue weighted by molar-refractivity contribution is 5.81. The molecule has 2 aliphatic heterocycles. The van der Waals surface area contributed by atoms with Gasteiger partial charge in [0.05, 0.1) is 19.8 Å². The lowest BCUT2D eigenvalue weighted by Gasteiger charge is -2.23. The van der Waals surface area contributed by atoms with Gasteiger partial charge in [-0.05, 0) is 18.6 Å². The smallest absolute Gasteiger partial charge is 0.228 e. The molecule has 3 atom stereocenters. The predicted octanol–water partition coefficient (Wildman–Crippen LogP) is 1.96. The Morgan fingerprint density at radius 3 is 2.72 bits per heavy atom. The fraction of sp³-hybridized carbons (Fsp3) is 0.500. The van der Waals surface area contributed by atoms with Gasteiger partial charge in [0.2, 0.25) is 5.91 Å². The highest BCUT2D eigenvalue weighted by atomic mass is 16.5. The van der Waals surface area contributed by atoms with E-state index in [2.05, 4.69) is 0 Å². The Labute approximate surface area is 106 Å². The summed E-state index contributed by atoms with van der Waals surface area (Å²) in [6.45, 7) is 2.64. The van der Waals surface area contributed by atoms with Crippen molar-refractivity contribution >= 4 is 5.91 Å². The summed E-state index contributed by atoms with van der Waals surface area (Å²) < 4.78 is 10.9. The van der Waals surface area contributed by atoms with Crippen LogP contribution in [0.3, 0.4) is 0 Å². The van der Waals surface area contributed by atoms with E-state index in [1.54, 1.807) is 7.11 Å². The first kappa shape index (κ1) is 11.5. The fourth-order valence-corrected chi connectivity index (χ4v) is 2.82. The summed E-state index contributed by atoms with van der Waals surface area (Å²) in [5.74, 6) is 1.15. The molecule has 0 unspecified atom stereocenters. The maximum absolute atomic E-state index is 12.1. The van der Waals surface area contributed by atoms with Crippen molar-refractivity contribution in [2.75, 3.05) is 13.7 Å². The van der Waals surface area contributed by atoms with Crippen LogP contribution >= 0.6 is 0 Å². The molecule has 0 N–H and O–H groups in total. The molecule has 0 aromatic heterocycles. The molecule has 1 amide bonds. The Balaban J connectivity index is 1.86. The number of hydrogen-bond donors (Lipinski definition) is 0. The maximum atomic E-state index is 12.1. The van der Waals surface area contributed by atoms with Gasteiger partial charge in [-0.2, -0.15) is 0 Å². The van der Waals surface area contributed by atoms with Gasteiger partial charge in [0.1, 0.15) is 5.75 Å². The highest BCUT2D eigenvalue weighted by Crippen LogP contribution is 2.39. The van der Waals surface area contributed by atoms with Crippen molar-refractivity contribution in [2.45, 2.75) is 25.6 Å². The molecular weight excluding hydrogens is 230 g/mol. The van der Waals surface area contributed by atoms with Gasteiger partial charge in [-0.3, -0.25) is 4.79 Å². The number of hydrogen-bond acceptors (Lipinski definition) is 3. The number of carbonyl (C=O) groups is 1. The zero-order valence-electron chi connectivity index (χ0n) is 10.6. The number of carbonyl (C=O) groups excluding carboxylic acids is 1. The van der Waals surface area contributed by atoms with Crippen molar-refractivity contribution in [3.63, 3.8) is 0 Å². The first-order chi connectivity index (χ1) is 8.70. The summed E-state index contributed by atoms with van der Waals surface area (Å²) in [6, 6.07) is 7.97. The summed E-state index contributed by atoms with van der Waals surface area (Å²) in [5, 5.41) is 0. The van der Waals surface area contributed by atoms with Crippen molar-refractivity contribution in [1.82, 2.24) is 4.90 Å². The maximum Gasteiger partial charge on any atom is 0.228 e. The molecule has 0 radical (unpaired) electrons. The summed E-state index contributed by atoms with van der Waals surface area (Å²) in [7, 11) is 1.64. The minimum Gasteiger partial charge on any atom is -0.497 e. The van der Waals surface area contributed by atoms with Gasteiger partial charge in [0.25, 0.3) is 0 Å². The van der Waals surface area contributed by atoms with Crippen LogP contribution in [0.5, 0.6) is 5.75 Å². The van der Waals surface area contributed by atoms with E-state index in [-0.39, 0.29) is 24.1 Å². The van der Waals surface area contributed by atoms with Crippen molar-refractivity contribution in [3.05, 3.63) is 29.8 Å². The van der Waals surface area contributed by atoms with Crippen LogP contribution in [-0.4, -0.2) is 30.6 Å². The van der Waals surface area contributed by atoms with Gasteiger partial charge in [0.15, 0.2) is 6.23 Å². The van der Waals surface area contributed by atoms with Crippen LogP contribution in [-0.2, 0) is 9.53 Å². The Bertz CT molecular complexity index is 457. The molecule has 0 saturated carbocycles. The Hall–Kier alpha value is -1.55. The van der Waals surface area contributed by atoms with Crippen molar-refractivity contribution < 1.29 is 14.3 Å². The Morgan fingerprint density at radius 1 is 1.33 bits per heavy atom. The number of benzene rings is 1. The Kier molecular flexibility index (Phi) is 2.74. The van der Waals surface area contributed by atoms with Crippen LogP contribution in [0.15, 0.2) is 24.3 Å². The second-order valence-corrected chi connectivity index (χ2v) is 4.99.